The molecule has 23 heavy (non-hydrogen) atoms. The van der Waals surface area contributed by atoms with Crippen LogP contribution in [0.4, 0.5) is 0 Å². The molecule has 0 fully saturated rings. The van der Waals surface area contributed by atoms with Crippen molar-refractivity contribution in [1.29, 1.82) is 10.5 Å². The van der Waals surface area contributed by atoms with Crippen LogP contribution in [0.5, 0.6) is 11.6 Å². The Kier molecular flexibility index (Phi) is 6.37. The number of hydrogen-bond acceptors (Lipinski definition) is 6. The molecule has 1 aromatic carbocycles. The lowest BCUT2D eigenvalue weighted by atomic mass is 10.2. The van der Waals surface area contributed by atoms with Crippen LogP contribution in [0.3, 0.4) is 0 Å². The Morgan fingerprint density at radius 3 is 2.17 bits per heavy atom. The van der Waals surface area contributed by atoms with Crippen molar-refractivity contribution in [3.8, 4) is 23.8 Å². The van der Waals surface area contributed by atoms with Crippen LogP contribution in [0.2, 0.25) is 0 Å². The molecular formula is C17H16N4O2. The van der Waals surface area contributed by atoms with E-state index in [2.05, 4.69) is 16.0 Å². The fraction of sp³-hybridized carbons (Fsp3) is 0.294. The second-order valence-corrected chi connectivity index (χ2v) is 4.75. The van der Waals surface area contributed by atoms with E-state index in [4.69, 9.17) is 20.0 Å². The Labute approximate surface area is 134 Å². The van der Waals surface area contributed by atoms with Crippen LogP contribution < -0.4 is 9.47 Å². The van der Waals surface area contributed by atoms with Gasteiger partial charge in [-0.1, -0.05) is 0 Å². The SMILES string of the molecule is N#Cc1ccc(OCCCCCOc2cnc(C#N)cn2)cc1. The Morgan fingerprint density at radius 1 is 0.826 bits per heavy atom. The van der Waals surface area contributed by atoms with Crippen LogP contribution in [0, 0.1) is 22.7 Å². The van der Waals surface area contributed by atoms with Crippen molar-refractivity contribution in [3.63, 3.8) is 0 Å². The first kappa shape index (κ1) is 16.3. The molecule has 0 radical (unpaired) electrons. The summed E-state index contributed by atoms with van der Waals surface area (Å²) < 4.78 is 11.0. The number of ether oxygens (including phenoxy) is 2. The largest absolute Gasteiger partial charge is 0.494 e. The van der Waals surface area contributed by atoms with Crippen LogP contribution in [0.25, 0.3) is 0 Å². The highest BCUT2D eigenvalue weighted by molar-refractivity contribution is 5.34. The predicted molar refractivity (Wildman–Crippen MR) is 82.7 cm³/mol. The van der Waals surface area contributed by atoms with Crippen LogP contribution >= 0.6 is 0 Å². The van der Waals surface area contributed by atoms with Crippen molar-refractivity contribution >= 4 is 0 Å². The first-order valence-electron chi connectivity index (χ1n) is 7.30. The van der Waals surface area contributed by atoms with Crippen LogP contribution in [0.15, 0.2) is 36.7 Å². The van der Waals surface area contributed by atoms with Gasteiger partial charge in [-0.25, -0.2) is 9.97 Å². The van der Waals surface area contributed by atoms with E-state index in [-0.39, 0.29) is 5.69 Å². The van der Waals surface area contributed by atoms with Gasteiger partial charge in [0.25, 0.3) is 0 Å². The highest BCUT2D eigenvalue weighted by Gasteiger charge is 1.98. The summed E-state index contributed by atoms with van der Waals surface area (Å²) in [5.41, 5.74) is 0.901. The average Bonchev–Trinajstić information content (AvgIpc) is 2.62. The third kappa shape index (κ3) is 5.64. The van der Waals surface area contributed by atoms with Crippen molar-refractivity contribution in [2.24, 2.45) is 0 Å². The fourth-order valence-electron chi connectivity index (χ4n) is 1.82. The van der Waals surface area contributed by atoms with E-state index in [1.165, 1.54) is 12.4 Å². The van der Waals surface area contributed by atoms with Crippen molar-refractivity contribution in [1.82, 2.24) is 9.97 Å². The molecule has 0 amide bonds. The third-order valence-corrected chi connectivity index (χ3v) is 3.03. The molecule has 0 unspecified atom stereocenters. The lowest BCUT2D eigenvalue weighted by molar-refractivity contribution is 0.273. The van der Waals surface area contributed by atoms with Crippen molar-refractivity contribution in [2.75, 3.05) is 13.2 Å². The second kappa shape index (κ2) is 9.01. The normalized spacial score (nSPS) is 9.65. The summed E-state index contributed by atoms with van der Waals surface area (Å²) in [6.45, 7) is 1.18. The summed E-state index contributed by atoms with van der Waals surface area (Å²) in [7, 11) is 0. The molecule has 1 heterocycles. The van der Waals surface area contributed by atoms with Crippen LogP contribution in [-0.4, -0.2) is 23.2 Å². The fourth-order valence-corrected chi connectivity index (χ4v) is 1.82. The molecule has 6 heteroatoms. The minimum atomic E-state index is 0.275. The Morgan fingerprint density at radius 2 is 1.57 bits per heavy atom. The van der Waals surface area contributed by atoms with E-state index >= 15 is 0 Å². The van der Waals surface area contributed by atoms with E-state index in [9.17, 15) is 0 Å². The van der Waals surface area contributed by atoms with Crippen LogP contribution in [-0.2, 0) is 0 Å². The zero-order chi connectivity index (χ0) is 16.3. The molecule has 0 aliphatic heterocycles. The zero-order valence-corrected chi connectivity index (χ0v) is 12.6. The summed E-state index contributed by atoms with van der Waals surface area (Å²) in [6, 6.07) is 11.0. The van der Waals surface area contributed by atoms with Gasteiger partial charge in [0.1, 0.15) is 11.8 Å². The first-order chi connectivity index (χ1) is 11.3. The minimum Gasteiger partial charge on any atom is -0.494 e. The second-order valence-electron chi connectivity index (χ2n) is 4.75. The Balaban J connectivity index is 1.55. The van der Waals surface area contributed by atoms with Gasteiger partial charge in [-0.15, -0.1) is 0 Å². The van der Waals surface area contributed by atoms with Gasteiger partial charge < -0.3 is 9.47 Å². The van der Waals surface area contributed by atoms with Gasteiger partial charge in [0.05, 0.1) is 37.2 Å². The van der Waals surface area contributed by atoms with Gasteiger partial charge in [0, 0.05) is 0 Å². The number of unbranched alkanes of at least 4 members (excludes halogenated alkanes) is 2. The van der Waals surface area contributed by atoms with E-state index in [0.717, 1.165) is 25.0 Å². The molecule has 0 bridgehead atoms. The van der Waals surface area contributed by atoms with Crippen molar-refractivity contribution in [3.05, 3.63) is 47.9 Å². The van der Waals surface area contributed by atoms with E-state index < -0.39 is 0 Å². The number of rotatable bonds is 8. The quantitative estimate of drug-likeness (QED) is 0.696. The number of nitriles is 2. The van der Waals surface area contributed by atoms with Gasteiger partial charge >= 0.3 is 0 Å². The monoisotopic (exact) mass is 308 g/mol. The molecule has 1 aromatic heterocycles. The number of nitrogens with zero attached hydrogens (tertiary/aromatic N) is 4. The molecule has 0 saturated heterocycles. The molecule has 2 aromatic rings. The molecule has 0 N–H and O–H groups in total. The summed E-state index contributed by atoms with van der Waals surface area (Å²) in [6.07, 6.45) is 5.62. The summed E-state index contributed by atoms with van der Waals surface area (Å²) in [4.78, 5) is 7.87. The molecule has 0 atom stereocenters. The lowest BCUT2D eigenvalue weighted by Gasteiger charge is -2.07. The maximum Gasteiger partial charge on any atom is 0.232 e. The summed E-state index contributed by atoms with van der Waals surface area (Å²) in [5.74, 6) is 1.20. The molecule has 0 spiro atoms. The molecule has 116 valence electrons. The number of aromatic nitrogens is 2. The number of benzene rings is 1. The number of hydrogen-bond donors (Lipinski definition) is 0. The highest BCUT2D eigenvalue weighted by atomic mass is 16.5. The Hall–Kier alpha value is -3.12. The predicted octanol–water partition coefficient (Wildman–Crippen LogP) is 2.85. The topological polar surface area (TPSA) is 91.8 Å². The summed E-state index contributed by atoms with van der Waals surface area (Å²) in [5, 5.41) is 17.3. The van der Waals surface area contributed by atoms with Gasteiger partial charge in [0.2, 0.25) is 5.88 Å². The molecule has 0 aliphatic rings. The maximum absolute atomic E-state index is 8.71. The van der Waals surface area contributed by atoms with Gasteiger partial charge in [-0.2, -0.15) is 10.5 Å². The van der Waals surface area contributed by atoms with Crippen molar-refractivity contribution in [2.45, 2.75) is 19.3 Å². The third-order valence-electron chi connectivity index (χ3n) is 3.03. The lowest BCUT2D eigenvalue weighted by Crippen LogP contribution is -2.02. The smallest absolute Gasteiger partial charge is 0.232 e. The molecule has 6 nitrogen and oxygen atoms in total. The standard InChI is InChI=1S/C17H16N4O2/c18-10-14-4-6-16(7-5-14)22-8-2-1-3-9-23-17-13-20-15(11-19)12-21-17/h4-7,12-13H,1-3,8-9H2. The van der Waals surface area contributed by atoms with E-state index in [1.54, 1.807) is 24.3 Å². The van der Waals surface area contributed by atoms with Gasteiger partial charge in [-0.05, 0) is 43.5 Å². The van der Waals surface area contributed by atoms with Crippen molar-refractivity contribution < 1.29 is 9.47 Å². The zero-order valence-electron chi connectivity index (χ0n) is 12.6. The van der Waals surface area contributed by atoms with Crippen LogP contribution in [0.1, 0.15) is 30.5 Å². The highest BCUT2D eigenvalue weighted by Crippen LogP contribution is 2.12. The molecular weight excluding hydrogens is 292 g/mol. The first-order valence-corrected chi connectivity index (χ1v) is 7.30. The maximum atomic E-state index is 8.71. The minimum absolute atomic E-state index is 0.275. The molecule has 0 aliphatic carbocycles. The van der Waals surface area contributed by atoms with Gasteiger partial charge in [-0.3, -0.25) is 0 Å². The Bertz CT molecular complexity index is 623. The van der Waals surface area contributed by atoms with E-state index in [1.807, 2.05) is 6.07 Å². The molecule has 2 rings (SSSR count). The summed E-state index contributed by atoms with van der Waals surface area (Å²) >= 11 is 0. The van der Waals surface area contributed by atoms with E-state index in [0.29, 0.717) is 24.7 Å². The average molecular weight is 308 g/mol. The van der Waals surface area contributed by atoms with Gasteiger partial charge in [0.15, 0.2) is 5.69 Å². The molecule has 0 saturated carbocycles.